The lowest BCUT2D eigenvalue weighted by Crippen LogP contribution is -2.47. The molecule has 1 amide bonds. The van der Waals surface area contributed by atoms with Gasteiger partial charge in [-0.2, -0.15) is 0 Å². The average Bonchev–Trinajstić information content (AvgIpc) is 2.42. The number of hydrogen-bond donors (Lipinski definition) is 1. The summed E-state index contributed by atoms with van der Waals surface area (Å²) in [6.07, 6.45) is 5.25. The summed E-state index contributed by atoms with van der Waals surface area (Å²) < 4.78 is 11.9. The Balaban J connectivity index is 1.73. The Morgan fingerprint density at radius 3 is 2.59 bits per heavy atom. The van der Waals surface area contributed by atoms with Crippen LogP contribution in [-0.4, -0.2) is 36.9 Å². The van der Waals surface area contributed by atoms with Crippen LogP contribution in [0.2, 0.25) is 0 Å². The summed E-state index contributed by atoms with van der Waals surface area (Å²) in [5, 5.41) is 3.11. The normalized spacial score (nSPS) is 36.6. The molecule has 0 aliphatic carbocycles. The van der Waals surface area contributed by atoms with Gasteiger partial charge in [0.2, 0.25) is 5.91 Å². The molecule has 0 aromatic rings. The maximum atomic E-state index is 12.2. The van der Waals surface area contributed by atoms with Crippen LogP contribution in [0.15, 0.2) is 0 Å². The lowest BCUT2D eigenvalue weighted by atomic mass is 9.84. The van der Waals surface area contributed by atoms with Crippen LogP contribution in [0.1, 0.15) is 66.7 Å². The molecule has 0 saturated carbocycles. The zero-order chi connectivity index (χ0) is 16.3. The highest BCUT2D eigenvalue weighted by atomic mass is 16.5. The van der Waals surface area contributed by atoms with Crippen molar-refractivity contribution in [3.63, 3.8) is 0 Å². The summed E-state index contributed by atoms with van der Waals surface area (Å²) in [6.45, 7) is 11.6. The molecule has 0 spiro atoms. The van der Waals surface area contributed by atoms with Crippen molar-refractivity contribution in [3.05, 3.63) is 0 Å². The fraction of sp³-hybridized carbons (Fsp3) is 0.944. The largest absolute Gasteiger partial charge is 0.376 e. The lowest BCUT2D eigenvalue weighted by molar-refractivity contribution is -0.131. The minimum atomic E-state index is 0.0727. The van der Waals surface area contributed by atoms with Gasteiger partial charge < -0.3 is 14.8 Å². The first kappa shape index (κ1) is 17.7. The molecule has 2 saturated heterocycles. The number of nitrogens with one attached hydrogen (secondary N) is 1. The molecule has 128 valence electrons. The Hall–Kier alpha value is -0.610. The van der Waals surface area contributed by atoms with Gasteiger partial charge >= 0.3 is 0 Å². The van der Waals surface area contributed by atoms with Gasteiger partial charge in [-0.1, -0.05) is 20.8 Å². The Labute approximate surface area is 135 Å². The van der Waals surface area contributed by atoms with Gasteiger partial charge in [0, 0.05) is 0 Å². The SMILES string of the molecule is CC(NC(=O)CC1CC[C@@H](C)[C@@H](C)O1)C1CCC(C)(C)CO1. The number of rotatable bonds is 4. The van der Waals surface area contributed by atoms with Crippen LogP contribution in [0.4, 0.5) is 0 Å². The van der Waals surface area contributed by atoms with Crippen LogP contribution in [0.25, 0.3) is 0 Å². The molecular weight excluding hydrogens is 278 g/mol. The van der Waals surface area contributed by atoms with Crippen molar-refractivity contribution in [2.45, 2.75) is 91.1 Å². The summed E-state index contributed by atoms with van der Waals surface area (Å²) in [6, 6.07) is 0.0727. The zero-order valence-corrected chi connectivity index (χ0v) is 14.9. The summed E-state index contributed by atoms with van der Waals surface area (Å²) >= 11 is 0. The lowest BCUT2D eigenvalue weighted by Gasteiger charge is -2.37. The van der Waals surface area contributed by atoms with Gasteiger partial charge in [-0.3, -0.25) is 4.79 Å². The topological polar surface area (TPSA) is 47.6 Å². The van der Waals surface area contributed by atoms with E-state index in [1.165, 1.54) is 0 Å². The number of carbonyl (C=O) groups excluding carboxylic acids is 1. The molecule has 0 radical (unpaired) electrons. The maximum absolute atomic E-state index is 12.2. The second kappa shape index (κ2) is 7.31. The van der Waals surface area contributed by atoms with E-state index in [4.69, 9.17) is 9.47 Å². The third kappa shape index (κ3) is 4.95. The molecule has 2 rings (SSSR count). The van der Waals surface area contributed by atoms with Gasteiger partial charge in [0.05, 0.1) is 37.4 Å². The predicted molar refractivity (Wildman–Crippen MR) is 87.7 cm³/mol. The maximum Gasteiger partial charge on any atom is 0.222 e. The number of carbonyl (C=O) groups is 1. The molecule has 0 aromatic heterocycles. The molecule has 4 nitrogen and oxygen atoms in total. The van der Waals surface area contributed by atoms with Gasteiger partial charge in [-0.25, -0.2) is 0 Å². The van der Waals surface area contributed by atoms with Gasteiger partial charge in [0.1, 0.15) is 0 Å². The Morgan fingerprint density at radius 1 is 1.27 bits per heavy atom. The fourth-order valence-corrected chi connectivity index (χ4v) is 3.37. The number of amides is 1. The van der Waals surface area contributed by atoms with Crippen molar-refractivity contribution >= 4 is 5.91 Å². The Bertz CT molecular complexity index is 373. The minimum absolute atomic E-state index is 0.0727. The van der Waals surface area contributed by atoms with Crippen molar-refractivity contribution in [1.82, 2.24) is 5.32 Å². The van der Waals surface area contributed by atoms with Crippen molar-refractivity contribution in [1.29, 1.82) is 0 Å². The standard InChI is InChI=1S/C18H33NO3/c1-12-6-7-15(22-14(12)3)10-17(20)19-13(2)16-8-9-18(4,5)11-21-16/h12-16H,6-11H2,1-5H3,(H,19,20)/t12-,13?,14-,15?,16?/m1/s1. The molecule has 2 fully saturated rings. The van der Waals surface area contributed by atoms with E-state index in [1.807, 2.05) is 6.92 Å². The molecule has 1 N–H and O–H groups in total. The van der Waals surface area contributed by atoms with E-state index in [2.05, 4.69) is 33.0 Å². The van der Waals surface area contributed by atoms with E-state index in [9.17, 15) is 4.79 Å². The van der Waals surface area contributed by atoms with E-state index in [1.54, 1.807) is 0 Å². The quantitative estimate of drug-likeness (QED) is 0.866. The second-order valence-electron chi connectivity index (χ2n) is 8.13. The van der Waals surface area contributed by atoms with Gasteiger partial charge in [0.25, 0.3) is 0 Å². The predicted octanol–water partition coefficient (Wildman–Crippen LogP) is 3.29. The zero-order valence-electron chi connectivity index (χ0n) is 14.9. The van der Waals surface area contributed by atoms with Crippen LogP contribution in [0.5, 0.6) is 0 Å². The highest BCUT2D eigenvalue weighted by Gasteiger charge is 2.32. The Kier molecular flexibility index (Phi) is 5.89. The molecule has 0 bridgehead atoms. The van der Waals surface area contributed by atoms with Crippen LogP contribution in [0, 0.1) is 11.3 Å². The molecule has 2 heterocycles. The monoisotopic (exact) mass is 311 g/mol. The molecule has 3 unspecified atom stereocenters. The molecule has 4 heteroatoms. The number of hydrogen-bond acceptors (Lipinski definition) is 3. The molecule has 2 aliphatic heterocycles. The third-order valence-electron chi connectivity index (χ3n) is 5.31. The summed E-state index contributed by atoms with van der Waals surface area (Å²) in [4.78, 5) is 12.2. The van der Waals surface area contributed by atoms with Gasteiger partial charge in [-0.15, -0.1) is 0 Å². The summed E-state index contributed by atoms with van der Waals surface area (Å²) in [7, 11) is 0. The summed E-state index contributed by atoms with van der Waals surface area (Å²) in [5.74, 6) is 0.685. The van der Waals surface area contributed by atoms with Gasteiger partial charge in [0.15, 0.2) is 0 Å². The highest BCUT2D eigenvalue weighted by Crippen LogP contribution is 2.31. The van der Waals surface area contributed by atoms with Crippen molar-refractivity contribution < 1.29 is 14.3 Å². The van der Waals surface area contributed by atoms with E-state index >= 15 is 0 Å². The smallest absolute Gasteiger partial charge is 0.222 e. The highest BCUT2D eigenvalue weighted by molar-refractivity contribution is 5.76. The third-order valence-corrected chi connectivity index (χ3v) is 5.31. The first-order chi connectivity index (χ1) is 10.3. The van der Waals surface area contributed by atoms with E-state index < -0.39 is 0 Å². The van der Waals surface area contributed by atoms with Crippen LogP contribution >= 0.6 is 0 Å². The average molecular weight is 311 g/mol. The van der Waals surface area contributed by atoms with Crippen molar-refractivity contribution in [2.24, 2.45) is 11.3 Å². The summed E-state index contributed by atoms with van der Waals surface area (Å²) in [5.41, 5.74) is 0.267. The molecule has 2 aliphatic rings. The first-order valence-electron chi connectivity index (χ1n) is 8.83. The van der Waals surface area contributed by atoms with Crippen LogP contribution in [-0.2, 0) is 14.3 Å². The second-order valence-corrected chi connectivity index (χ2v) is 8.13. The molecule has 22 heavy (non-hydrogen) atoms. The van der Waals surface area contributed by atoms with Crippen LogP contribution in [0.3, 0.4) is 0 Å². The molecule has 0 aromatic carbocycles. The van der Waals surface area contributed by atoms with Gasteiger partial charge in [-0.05, 0) is 50.9 Å². The van der Waals surface area contributed by atoms with E-state index in [0.29, 0.717) is 12.3 Å². The molecular formula is C18H33NO3. The van der Waals surface area contributed by atoms with E-state index in [-0.39, 0.29) is 35.7 Å². The number of ether oxygens (including phenoxy) is 2. The first-order valence-corrected chi connectivity index (χ1v) is 8.83. The minimum Gasteiger partial charge on any atom is -0.376 e. The Morgan fingerprint density at radius 2 is 2.00 bits per heavy atom. The molecule has 5 atom stereocenters. The fourth-order valence-electron chi connectivity index (χ4n) is 3.37. The van der Waals surface area contributed by atoms with E-state index in [0.717, 1.165) is 32.3 Å². The van der Waals surface area contributed by atoms with Crippen molar-refractivity contribution in [3.8, 4) is 0 Å². The van der Waals surface area contributed by atoms with Crippen molar-refractivity contribution in [2.75, 3.05) is 6.61 Å². The van der Waals surface area contributed by atoms with Crippen LogP contribution < -0.4 is 5.32 Å².